The van der Waals surface area contributed by atoms with E-state index in [1.807, 2.05) is 55.5 Å². The number of benzene rings is 2. The summed E-state index contributed by atoms with van der Waals surface area (Å²) in [7, 11) is 1.64. The van der Waals surface area contributed by atoms with Crippen LogP contribution in [-0.2, 0) is 6.42 Å². The molecule has 1 unspecified atom stereocenters. The summed E-state index contributed by atoms with van der Waals surface area (Å²) in [5, 5.41) is 10.4. The second kappa shape index (κ2) is 6.96. The Hall–Kier alpha value is -2.00. The minimum absolute atomic E-state index is 0.550. The molecular weight excluding hydrogens is 252 g/mol. The van der Waals surface area contributed by atoms with Gasteiger partial charge in [-0.15, -0.1) is 0 Å². The molecular formula is C17H20O3. The SMILES string of the molecule is CCOc1ccccc1C(O)Cc1ccc(OC)cc1. The molecule has 0 amide bonds. The van der Waals surface area contributed by atoms with E-state index in [0.717, 1.165) is 22.6 Å². The number of hydrogen-bond acceptors (Lipinski definition) is 3. The van der Waals surface area contributed by atoms with Gasteiger partial charge in [0, 0.05) is 12.0 Å². The average molecular weight is 272 g/mol. The van der Waals surface area contributed by atoms with Gasteiger partial charge in [0.1, 0.15) is 11.5 Å². The Morgan fingerprint density at radius 2 is 1.75 bits per heavy atom. The van der Waals surface area contributed by atoms with Crippen LogP contribution >= 0.6 is 0 Å². The molecule has 106 valence electrons. The van der Waals surface area contributed by atoms with Gasteiger partial charge in [0.2, 0.25) is 0 Å². The third-order valence-corrected chi connectivity index (χ3v) is 3.17. The fourth-order valence-electron chi connectivity index (χ4n) is 2.14. The van der Waals surface area contributed by atoms with Crippen LogP contribution in [0.2, 0.25) is 0 Å². The van der Waals surface area contributed by atoms with Gasteiger partial charge in [-0.1, -0.05) is 30.3 Å². The fraction of sp³-hybridized carbons (Fsp3) is 0.294. The van der Waals surface area contributed by atoms with Crippen molar-refractivity contribution in [2.24, 2.45) is 0 Å². The molecule has 0 radical (unpaired) electrons. The maximum atomic E-state index is 10.4. The first kappa shape index (κ1) is 14.4. The van der Waals surface area contributed by atoms with Gasteiger partial charge in [-0.05, 0) is 30.7 Å². The van der Waals surface area contributed by atoms with Crippen LogP contribution in [0.25, 0.3) is 0 Å². The van der Waals surface area contributed by atoms with E-state index in [2.05, 4.69) is 0 Å². The van der Waals surface area contributed by atoms with E-state index in [9.17, 15) is 5.11 Å². The number of methoxy groups -OCH3 is 1. The summed E-state index contributed by atoms with van der Waals surface area (Å²) in [6.45, 7) is 2.53. The van der Waals surface area contributed by atoms with Gasteiger partial charge in [0.15, 0.2) is 0 Å². The lowest BCUT2D eigenvalue weighted by atomic mass is 10.0. The monoisotopic (exact) mass is 272 g/mol. The molecule has 0 fully saturated rings. The van der Waals surface area contributed by atoms with Crippen LogP contribution < -0.4 is 9.47 Å². The minimum Gasteiger partial charge on any atom is -0.497 e. The van der Waals surface area contributed by atoms with Crippen molar-refractivity contribution in [3.8, 4) is 11.5 Å². The molecule has 0 aliphatic carbocycles. The molecule has 0 aliphatic heterocycles. The predicted molar refractivity (Wildman–Crippen MR) is 79.3 cm³/mol. The maximum absolute atomic E-state index is 10.4. The van der Waals surface area contributed by atoms with Gasteiger partial charge in [0.25, 0.3) is 0 Å². The molecule has 0 bridgehead atoms. The Labute approximate surface area is 119 Å². The van der Waals surface area contributed by atoms with Crippen molar-refractivity contribution in [2.45, 2.75) is 19.4 Å². The summed E-state index contributed by atoms with van der Waals surface area (Å²) >= 11 is 0. The molecule has 1 N–H and O–H groups in total. The number of aliphatic hydroxyl groups excluding tert-OH is 1. The minimum atomic E-state index is -0.578. The quantitative estimate of drug-likeness (QED) is 0.876. The first-order valence-corrected chi connectivity index (χ1v) is 6.77. The summed E-state index contributed by atoms with van der Waals surface area (Å²) in [5.74, 6) is 1.56. The van der Waals surface area contributed by atoms with E-state index in [1.165, 1.54) is 0 Å². The van der Waals surface area contributed by atoms with E-state index in [-0.39, 0.29) is 0 Å². The molecule has 20 heavy (non-hydrogen) atoms. The summed E-state index contributed by atoms with van der Waals surface area (Å²) < 4.78 is 10.7. The van der Waals surface area contributed by atoms with Crippen LogP contribution in [0.3, 0.4) is 0 Å². The average Bonchev–Trinajstić information content (AvgIpc) is 2.49. The zero-order valence-electron chi connectivity index (χ0n) is 11.9. The van der Waals surface area contributed by atoms with Crippen molar-refractivity contribution in [1.29, 1.82) is 0 Å². The van der Waals surface area contributed by atoms with Gasteiger partial charge in [-0.3, -0.25) is 0 Å². The summed E-state index contributed by atoms with van der Waals surface area (Å²) in [6, 6.07) is 15.3. The van der Waals surface area contributed by atoms with Crippen molar-refractivity contribution >= 4 is 0 Å². The van der Waals surface area contributed by atoms with Gasteiger partial charge in [0.05, 0.1) is 19.8 Å². The van der Waals surface area contributed by atoms with E-state index in [0.29, 0.717) is 13.0 Å². The molecule has 2 rings (SSSR count). The number of ether oxygens (including phenoxy) is 2. The molecule has 3 nitrogen and oxygen atoms in total. The van der Waals surface area contributed by atoms with Crippen LogP contribution in [-0.4, -0.2) is 18.8 Å². The number of para-hydroxylation sites is 1. The van der Waals surface area contributed by atoms with E-state index in [1.54, 1.807) is 7.11 Å². The Kier molecular flexibility index (Phi) is 5.02. The predicted octanol–water partition coefficient (Wildman–Crippen LogP) is 3.37. The topological polar surface area (TPSA) is 38.7 Å². The molecule has 2 aromatic rings. The first-order chi connectivity index (χ1) is 9.74. The highest BCUT2D eigenvalue weighted by Gasteiger charge is 2.13. The number of aliphatic hydroxyl groups is 1. The lowest BCUT2D eigenvalue weighted by molar-refractivity contribution is 0.172. The highest BCUT2D eigenvalue weighted by Crippen LogP contribution is 2.28. The van der Waals surface area contributed by atoms with Crippen LogP contribution in [0.1, 0.15) is 24.2 Å². The summed E-state index contributed by atoms with van der Waals surface area (Å²) in [6.07, 6.45) is -0.0280. The third kappa shape index (κ3) is 3.52. The van der Waals surface area contributed by atoms with Crippen LogP contribution in [0.5, 0.6) is 11.5 Å². The van der Waals surface area contributed by atoms with Gasteiger partial charge < -0.3 is 14.6 Å². The van der Waals surface area contributed by atoms with Gasteiger partial charge in [-0.2, -0.15) is 0 Å². The second-order valence-corrected chi connectivity index (χ2v) is 4.54. The summed E-state index contributed by atoms with van der Waals surface area (Å²) in [4.78, 5) is 0. The molecule has 0 saturated carbocycles. The Morgan fingerprint density at radius 1 is 1.05 bits per heavy atom. The number of hydrogen-bond donors (Lipinski definition) is 1. The number of rotatable bonds is 6. The maximum Gasteiger partial charge on any atom is 0.125 e. The van der Waals surface area contributed by atoms with Gasteiger partial charge >= 0.3 is 0 Å². The lowest BCUT2D eigenvalue weighted by Crippen LogP contribution is -2.05. The molecule has 0 aliphatic rings. The van der Waals surface area contributed by atoms with Crippen molar-refractivity contribution < 1.29 is 14.6 Å². The Balaban J connectivity index is 2.12. The molecule has 0 heterocycles. The molecule has 2 aromatic carbocycles. The fourth-order valence-corrected chi connectivity index (χ4v) is 2.14. The highest BCUT2D eigenvalue weighted by molar-refractivity contribution is 5.36. The summed E-state index contributed by atoms with van der Waals surface area (Å²) in [5.41, 5.74) is 1.88. The zero-order valence-corrected chi connectivity index (χ0v) is 11.9. The van der Waals surface area contributed by atoms with Crippen molar-refractivity contribution in [2.75, 3.05) is 13.7 Å². The smallest absolute Gasteiger partial charge is 0.125 e. The normalized spacial score (nSPS) is 11.9. The zero-order chi connectivity index (χ0) is 14.4. The Morgan fingerprint density at radius 3 is 2.40 bits per heavy atom. The highest BCUT2D eigenvalue weighted by atomic mass is 16.5. The van der Waals surface area contributed by atoms with E-state index < -0.39 is 6.10 Å². The van der Waals surface area contributed by atoms with E-state index in [4.69, 9.17) is 9.47 Å². The molecule has 0 saturated heterocycles. The second-order valence-electron chi connectivity index (χ2n) is 4.54. The lowest BCUT2D eigenvalue weighted by Gasteiger charge is -2.15. The van der Waals surface area contributed by atoms with Crippen molar-refractivity contribution in [1.82, 2.24) is 0 Å². The largest absolute Gasteiger partial charge is 0.497 e. The van der Waals surface area contributed by atoms with Crippen LogP contribution in [0, 0.1) is 0 Å². The van der Waals surface area contributed by atoms with Crippen molar-refractivity contribution in [3.05, 3.63) is 59.7 Å². The third-order valence-electron chi connectivity index (χ3n) is 3.17. The van der Waals surface area contributed by atoms with E-state index >= 15 is 0 Å². The van der Waals surface area contributed by atoms with Gasteiger partial charge in [-0.25, -0.2) is 0 Å². The van der Waals surface area contributed by atoms with Crippen LogP contribution in [0.15, 0.2) is 48.5 Å². The van der Waals surface area contributed by atoms with Crippen LogP contribution in [0.4, 0.5) is 0 Å². The Bertz CT molecular complexity index is 534. The molecule has 0 aromatic heterocycles. The molecule has 0 spiro atoms. The van der Waals surface area contributed by atoms with Crippen molar-refractivity contribution in [3.63, 3.8) is 0 Å². The first-order valence-electron chi connectivity index (χ1n) is 6.77. The molecule has 1 atom stereocenters. The molecule has 3 heteroatoms. The standard InChI is InChI=1S/C17H20O3/c1-3-20-17-7-5-4-6-15(17)16(18)12-13-8-10-14(19-2)11-9-13/h4-11,16,18H,3,12H2,1-2H3.